The second kappa shape index (κ2) is 8.75. The van der Waals surface area contributed by atoms with Crippen molar-refractivity contribution in [2.24, 2.45) is 0 Å². The number of carbonyl (C=O) groups is 1. The van der Waals surface area contributed by atoms with Crippen LogP contribution in [0.4, 0.5) is 0 Å². The van der Waals surface area contributed by atoms with Crippen LogP contribution in [0.2, 0.25) is 0 Å². The molecule has 0 unspecified atom stereocenters. The topological polar surface area (TPSA) is 113 Å². The third-order valence-corrected chi connectivity index (χ3v) is 2.42. The molecule has 0 saturated heterocycles. The minimum atomic E-state index is -1.11. The van der Waals surface area contributed by atoms with E-state index in [2.05, 4.69) is 0 Å². The Morgan fingerprint density at radius 1 is 1.12 bits per heavy atom. The summed E-state index contributed by atoms with van der Waals surface area (Å²) in [6, 6.07) is 7.70. The molecular weight excluding hydrogens is 240 g/mol. The molecule has 0 saturated carbocycles. The maximum atomic E-state index is 10.7. The molecule has 0 aromatic heterocycles. The molecule has 0 fully saturated rings. The highest BCUT2D eigenvalue weighted by Gasteiger charge is 2.03. The van der Waals surface area contributed by atoms with Gasteiger partial charge in [0.25, 0.3) is 0 Å². The summed E-state index contributed by atoms with van der Waals surface area (Å²) in [5.41, 5.74) is 3.10. The number of carbonyl (C=O) groups excluding carboxylic acids is 1. The molecule has 0 aliphatic rings. The minimum Gasteiger partial charge on any atom is -1.00 e. The lowest BCUT2D eigenvalue weighted by Crippen LogP contribution is -3.00. The lowest BCUT2D eigenvalue weighted by atomic mass is 9.98. The van der Waals surface area contributed by atoms with Crippen molar-refractivity contribution in [2.45, 2.75) is 20.8 Å². The molecule has 98 valence electrons. The van der Waals surface area contributed by atoms with Crippen molar-refractivity contribution in [1.29, 1.82) is 0 Å². The highest BCUT2D eigenvalue weighted by Crippen LogP contribution is 2.20. The number of rotatable bonds is 2. The van der Waals surface area contributed by atoms with Crippen molar-refractivity contribution in [3.63, 3.8) is 0 Å². The second-order valence-electron chi connectivity index (χ2n) is 3.35. The number of aliphatic carboxylic acids is 1. The molecular formula is C12H21ClN2O2. The molecule has 1 rings (SSSR count). The Labute approximate surface area is 108 Å². The predicted octanol–water partition coefficient (Wildman–Crippen LogP) is -0.705. The predicted molar refractivity (Wildman–Crippen MR) is 66.4 cm³/mol. The normalized spacial score (nSPS) is 10.1. The summed E-state index contributed by atoms with van der Waals surface area (Å²) in [4.78, 5) is 10.7. The SMILES string of the molecule is CC(C(=O)[O-])=C(C)c1ccccc1C.[Cl-].[NH4+].[NH4+]. The van der Waals surface area contributed by atoms with Gasteiger partial charge in [-0.05, 0) is 43.0 Å². The van der Waals surface area contributed by atoms with E-state index in [0.29, 0.717) is 5.57 Å². The van der Waals surface area contributed by atoms with Crippen molar-refractivity contribution >= 4 is 11.5 Å². The molecule has 0 aliphatic heterocycles. The Hall–Kier alpha value is -1.36. The van der Waals surface area contributed by atoms with Gasteiger partial charge in [-0.25, -0.2) is 0 Å². The molecule has 8 N–H and O–H groups in total. The van der Waals surface area contributed by atoms with Gasteiger partial charge in [0, 0.05) is 0 Å². The number of aryl methyl sites for hydroxylation is 1. The van der Waals surface area contributed by atoms with E-state index in [1.807, 2.05) is 31.2 Å². The first-order valence-electron chi connectivity index (χ1n) is 4.49. The van der Waals surface area contributed by atoms with E-state index < -0.39 is 5.97 Å². The van der Waals surface area contributed by atoms with Crippen molar-refractivity contribution in [2.75, 3.05) is 0 Å². The van der Waals surface area contributed by atoms with Crippen molar-refractivity contribution in [3.8, 4) is 0 Å². The van der Waals surface area contributed by atoms with Gasteiger partial charge in [-0.1, -0.05) is 24.3 Å². The number of hydrogen-bond donors (Lipinski definition) is 2. The zero-order chi connectivity index (χ0) is 10.7. The molecule has 0 aliphatic carbocycles. The lowest BCUT2D eigenvalue weighted by Gasteiger charge is -2.11. The van der Waals surface area contributed by atoms with Crippen LogP contribution in [0.3, 0.4) is 0 Å². The highest BCUT2D eigenvalue weighted by atomic mass is 35.5. The zero-order valence-corrected chi connectivity index (χ0v) is 11.8. The molecule has 4 nitrogen and oxygen atoms in total. The number of benzene rings is 1. The average molecular weight is 261 g/mol. The zero-order valence-electron chi connectivity index (χ0n) is 11.0. The summed E-state index contributed by atoms with van der Waals surface area (Å²) >= 11 is 0. The van der Waals surface area contributed by atoms with Crippen LogP contribution >= 0.6 is 0 Å². The molecule has 0 heterocycles. The van der Waals surface area contributed by atoms with Gasteiger partial charge < -0.3 is 34.6 Å². The van der Waals surface area contributed by atoms with Crippen molar-refractivity contribution < 1.29 is 22.3 Å². The summed E-state index contributed by atoms with van der Waals surface area (Å²) in [5.74, 6) is -1.11. The number of hydrogen-bond acceptors (Lipinski definition) is 2. The summed E-state index contributed by atoms with van der Waals surface area (Å²) in [7, 11) is 0. The maximum Gasteiger partial charge on any atom is 0.0674 e. The molecule has 0 bridgehead atoms. The summed E-state index contributed by atoms with van der Waals surface area (Å²) in [6.07, 6.45) is 0. The van der Waals surface area contributed by atoms with Gasteiger partial charge in [0.1, 0.15) is 0 Å². The van der Waals surface area contributed by atoms with Crippen LogP contribution in [0.5, 0.6) is 0 Å². The Morgan fingerprint density at radius 2 is 1.59 bits per heavy atom. The average Bonchev–Trinajstić information content (AvgIpc) is 2.16. The van der Waals surface area contributed by atoms with E-state index in [1.54, 1.807) is 13.8 Å². The van der Waals surface area contributed by atoms with Crippen LogP contribution in [-0.2, 0) is 4.79 Å². The van der Waals surface area contributed by atoms with Gasteiger partial charge in [0.2, 0.25) is 0 Å². The first-order valence-corrected chi connectivity index (χ1v) is 4.49. The summed E-state index contributed by atoms with van der Waals surface area (Å²) in [5, 5.41) is 10.7. The third kappa shape index (κ3) is 4.99. The third-order valence-electron chi connectivity index (χ3n) is 2.42. The first-order chi connectivity index (χ1) is 6.54. The molecule has 1 aromatic carbocycles. The Bertz CT molecular complexity index is 403. The summed E-state index contributed by atoms with van der Waals surface area (Å²) in [6.45, 7) is 5.33. The fraction of sp³-hybridized carbons (Fsp3) is 0.250. The van der Waals surface area contributed by atoms with Gasteiger partial charge in [-0.2, -0.15) is 0 Å². The fourth-order valence-corrected chi connectivity index (χ4v) is 1.35. The second-order valence-corrected chi connectivity index (χ2v) is 3.35. The monoisotopic (exact) mass is 260 g/mol. The van der Waals surface area contributed by atoms with Crippen LogP contribution in [0.15, 0.2) is 29.8 Å². The number of halogens is 1. The smallest absolute Gasteiger partial charge is 0.0674 e. The lowest BCUT2D eigenvalue weighted by molar-refractivity contribution is -0.299. The number of carboxylic acid groups (broad SMARTS) is 1. The van der Waals surface area contributed by atoms with Crippen LogP contribution in [0.25, 0.3) is 5.57 Å². The van der Waals surface area contributed by atoms with Crippen LogP contribution < -0.4 is 29.8 Å². The van der Waals surface area contributed by atoms with Crippen LogP contribution in [0.1, 0.15) is 25.0 Å². The van der Waals surface area contributed by atoms with Gasteiger partial charge >= 0.3 is 0 Å². The fourth-order valence-electron chi connectivity index (χ4n) is 1.35. The number of quaternary nitrogens is 2. The van der Waals surface area contributed by atoms with Crippen LogP contribution in [-0.4, -0.2) is 5.97 Å². The van der Waals surface area contributed by atoms with Gasteiger partial charge in [-0.15, -0.1) is 0 Å². The molecule has 0 atom stereocenters. The minimum absolute atomic E-state index is 0. The van der Waals surface area contributed by atoms with E-state index in [-0.39, 0.29) is 24.7 Å². The Balaban J connectivity index is -0.000000653. The van der Waals surface area contributed by atoms with E-state index in [0.717, 1.165) is 16.7 Å². The van der Waals surface area contributed by atoms with Gasteiger partial charge in [0.05, 0.1) is 5.97 Å². The molecule has 0 amide bonds. The van der Waals surface area contributed by atoms with E-state index in [1.165, 1.54) is 0 Å². The quantitative estimate of drug-likeness (QED) is 0.685. The number of carboxylic acids is 1. The van der Waals surface area contributed by atoms with E-state index >= 15 is 0 Å². The first kappa shape index (κ1) is 21.0. The van der Waals surface area contributed by atoms with Crippen molar-refractivity contribution in [1.82, 2.24) is 12.3 Å². The maximum absolute atomic E-state index is 10.7. The standard InChI is InChI=1S/C12H14O2.ClH.2H3N/c1-8-6-4-5-7-11(8)9(2)10(3)12(13)14;;;/h4-7H,1-3H3,(H,13,14);1H;2*1H3. The Kier molecular flexibility index (Phi) is 10.8. The Morgan fingerprint density at radius 3 is 2.00 bits per heavy atom. The summed E-state index contributed by atoms with van der Waals surface area (Å²) < 4.78 is 0. The van der Waals surface area contributed by atoms with Crippen LogP contribution in [0, 0.1) is 6.92 Å². The molecule has 0 radical (unpaired) electrons. The molecule has 0 spiro atoms. The highest BCUT2D eigenvalue weighted by molar-refractivity contribution is 5.94. The van der Waals surface area contributed by atoms with Gasteiger partial charge in [-0.3, -0.25) is 0 Å². The van der Waals surface area contributed by atoms with E-state index in [9.17, 15) is 9.90 Å². The van der Waals surface area contributed by atoms with Gasteiger partial charge in [0.15, 0.2) is 0 Å². The van der Waals surface area contributed by atoms with Crippen molar-refractivity contribution in [3.05, 3.63) is 41.0 Å². The molecule has 17 heavy (non-hydrogen) atoms. The molecule has 5 heteroatoms. The number of allylic oxidation sites excluding steroid dienone is 1. The molecule has 1 aromatic rings. The largest absolute Gasteiger partial charge is 1.00 e. The van der Waals surface area contributed by atoms with E-state index in [4.69, 9.17) is 0 Å².